The molecule has 47 heavy (non-hydrogen) atoms. The summed E-state index contributed by atoms with van der Waals surface area (Å²) in [6.45, 7) is 7.41. The van der Waals surface area contributed by atoms with Crippen molar-refractivity contribution in [1.29, 1.82) is 5.26 Å². The van der Waals surface area contributed by atoms with Gasteiger partial charge >= 0.3 is 0 Å². The smallest absolute Gasteiger partial charge is 0.274 e. The molecule has 0 aliphatic carbocycles. The van der Waals surface area contributed by atoms with Crippen LogP contribution in [0, 0.1) is 18.3 Å². The Morgan fingerprint density at radius 3 is 2.66 bits per heavy atom. The van der Waals surface area contributed by atoms with Crippen LogP contribution in [-0.2, 0) is 0 Å². The molecule has 10 nitrogen and oxygen atoms in total. The van der Waals surface area contributed by atoms with Crippen LogP contribution in [0.25, 0.3) is 16.9 Å². The maximum atomic E-state index is 13.6. The monoisotopic (exact) mass is 629 g/mol. The third kappa shape index (κ3) is 6.23. The molecule has 0 spiro atoms. The molecule has 10 heteroatoms. The topological polar surface area (TPSA) is 107 Å². The number of rotatable bonds is 9. The van der Waals surface area contributed by atoms with Gasteiger partial charge in [0.05, 0.1) is 41.0 Å². The lowest BCUT2D eigenvalue weighted by molar-refractivity contribution is 0.0631. The molecule has 0 unspecified atom stereocenters. The summed E-state index contributed by atoms with van der Waals surface area (Å²) < 4.78 is 8.09. The number of amides is 2. The minimum atomic E-state index is -0.0473. The Labute approximate surface area is 274 Å². The number of hydrogen-bond acceptors (Lipinski definition) is 7. The SMILES string of the molecule is Cc1cc2c(cc1OCCCCCN1CCN(C(=O)c3nc(-c4ccc(C#N)cc4)n4ccccc34)CC1)N=C[C@@H]1CCCN1C2=O. The largest absolute Gasteiger partial charge is 0.493 e. The van der Waals surface area contributed by atoms with Crippen molar-refractivity contribution < 1.29 is 14.3 Å². The van der Waals surface area contributed by atoms with E-state index in [2.05, 4.69) is 16.0 Å². The number of nitriles is 1. The molecule has 1 atom stereocenters. The summed E-state index contributed by atoms with van der Waals surface area (Å²) in [5.74, 6) is 1.51. The number of aromatic nitrogens is 2. The van der Waals surface area contributed by atoms with Crippen LogP contribution in [0.2, 0.25) is 0 Å². The minimum Gasteiger partial charge on any atom is -0.493 e. The van der Waals surface area contributed by atoms with Gasteiger partial charge in [0.25, 0.3) is 11.8 Å². The lowest BCUT2D eigenvalue weighted by atomic mass is 10.1. The number of fused-ring (bicyclic) bond motifs is 3. The minimum absolute atomic E-state index is 0.0473. The zero-order chi connectivity index (χ0) is 32.3. The van der Waals surface area contributed by atoms with Gasteiger partial charge in [0.15, 0.2) is 5.69 Å². The van der Waals surface area contributed by atoms with Gasteiger partial charge in [-0.2, -0.15) is 5.26 Å². The Kier molecular flexibility index (Phi) is 8.72. The molecule has 4 aromatic rings. The van der Waals surface area contributed by atoms with Crippen molar-refractivity contribution in [3.8, 4) is 23.2 Å². The fourth-order valence-corrected chi connectivity index (χ4v) is 6.84. The van der Waals surface area contributed by atoms with E-state index in [0.717, 1.165) is 80.7 Å². The number of benzene rings is 2. The highest BCUT2D eigenvalue weighted by atomic mass is 16.5. The van der Waals surface area contributed by atoms with Crippen LogP contribution in [0.3, 0.4) is 0 Å². The number of aryl methyl sites for hydroxylation is 1. The van der Waals surface area contributed by atoms with Crippen LogP contribution < -0.4 is 4.74 Å². The first-order chi connectivity index (χ1) is 23.0. The number of carbonyl (C=O) groups excluding carboxylic acids is 2. The zero-order valence-corrected chi connectivity index (χ0v) is 26.8. The first-order valence-corrected chi connectivity index (χ1v) is 16.6. The summed E-state index contributed by atoms with van der Waals surface area (Å²) in [5.41, 5.74) is 5.03. The predicted octanol–water partition coefficient (Wildman–Crippen LogP) is 5.51. The van der Waals surface area contributed by atoms with Crippen LogP contribution in [0.5, 0.6) is 5.75 Å². The fourth-order valence-electron chi connectivity index (χ4n) is 6.84. The van der Waals surface area contributed by atoms with Gasteiger partial charge in [-0.1, -0.05) is 6.07 Å². The van der Waals surface area contributed by atoms with Crippen molar-refractivity contribution in [2.75, 3.05) is 45.9 Å². The number of unbranched alkanes of at least 4 members (excludes halogenated alkanes) is 2. The molecule has 2 aromatic heterocycles. The van der Waals surface area contributed by atoms with Crippen molar-refractivity contribution in [2.45, 2.75) is 45.1 Å². The van der Waals surface area contributed by atoms with E-state index in [-0.39, 0.29) is 17.9 Å². The van der Waals surface area contributed by atoms with E-state index in [4.69, 9.17) is 15.0 Å². The number of ether oxygens (including phenoxy) is 1. The first-order valence-electron chi connectivity index (χ1n) is 16.6. The van der Waals surface area contributed by atoms with Crippen molar-refractivity contribution in [2.24, 2.45) is 4.99 Å². The lowest BCUT2D eigenvalue weighted by Gasteiger charge is -2.34. The van der Waals surface area contributed by atoms with Crippen LogP contribution in [0.1, 0.15) is 64.1 Å². The van der Waals surface area contributed by atoms with E-state index in [0.29, 0.717) is 48.0 Å². The predicted molar refractivity (Wildman–Crippen MR) is 180 cm³/mol. The number of imidazole rings is 1. The van der Waals surface area contributed by atoms with Crippen molar-refractivity contribution >= 4 is 29.2 Å². The molecule has 2 aromatic carbocycles. The molecule has 3 aliphatic heterocycles. The Balaban J connectivity index is 0.877. The highest BCUT2D eigenvalue weighted by molar-refractivity contribution is 6.03. The van der Waals surface area contributed by atoms with Crippen LogP contribution >= 0.6 is 0 Å². The van der Waals surface area contributed by atoms with Gasteiger partial charge in [0, 0.05) is 56.8 Å². The zero-order valence-electron chi connectivity index (χ0n) is 26.8. The highest BCUT2D eigenvalue weighted by Gasteiger charge is 2.32. The Morgan fingerprint density at radius 2 is 1.85 bits per heavy atom. The number of pyridine rings is 1. The van der Waals surface area contributed by atoms with Gasteiger partial charge in [0.1, 0.15) is 11.6 Å². The third-order valence-corrected chi connectivity index (χ3v) is 9.53. The second-order valence-electron chi connectivity index (χ2n) is 12.6. The van der Waals surface area contributed by atoms with E-state index in [1.165, 1.54) is 0 Å². The van der Waals surface area contributed by atoms with Gasteiger partial charge in [-0.05, 0) is 93.6 Å². The van der Waals surface area contributed by atoms with Crippen molar-refractivity contribution in [1.82, 2.24) is 24.1 Å². The first kappa shape index (κ1) is 30.6. The fraction of sp³-hybridized carbons (Fsp3) is 0.378. The molecule has 0 radical (unpaired) electrons. The molecule has 0 saturated carbocycles. The summed E-state index contributed by atoms with van der Waals surface area (Å²) in [6, 6.07) is 19.2. The quantitative estimate of drug-likeness (QED) is 0.226. The number of nitrogens with zero attached hydrogens (tertiary/aromatic N) is 7. The number of hydrogen-bond donors (Lipinski definition) is 0. The Hall–Kier alpha value is -5.01. The molecule has 5 heterocycles. The summed E-state index contributed by atoms with van der Waals surface area (Å²) in [7, 11) is 0. The molecule has 0 bridgehead atoms. The van der Waals surface area contributed by atoms with Gasteiger partial charge in [-0.15, -0.1) is 0 Å². The summed E-state index contributed by atoms with van der Waals surface area (Å²) >= 11 is 0. The third-order valence-electron chi connectivity index (χ3n) is 9.53. The summed E-state index contributed by atoms with van der Waals surface area (Å²) in [6.07, 6.45) is 8.91. The summed E-state index contributed by atoms with van der Waals surface area (Å²) in [5, 5.41) is 9.16. The van der Waals surface area contributed by atoms with Crippen molar-refractivity contribution in [3.63, 3.8) is 0 Å². The van der Waals surface area contributed by atoms with Gasteiger partial charge in [0.2, 0.25) is 0 Å². The number of carbonyl (C=O) groups is 2. The van der Waals surface area contributed by atoms with Crippen LogP contribution in [0.4, 0.5) is 5.69 Å². The number of aliphatic imine (C=N–C) groups is 1. The molecular formula is C37H39N7O3. The van der Waals surface area contributed by atoms with E-state index in [1.807, 2.05) is 76.0 Å². The van der Waals surface area contributed by atoms with E-state index < -0.39 is 0 Å². The van der Waals surface area contributed by atoms with Crippen LogP contribution in [0.15, 0.2) is 65.8 Å². The molecule has 2 fully saturated rings. The molecule has 7 rings (SSSR count). The summed E-state index contributed by atoms with van der Waals surface area (Å²) in [4.78, 5) is 42.4. The maximum Gasteiger partial charge on any atom is 0.274 e. The van der Waals surface area contributed by atoms with Crippen LogP contribution in [-0.4, -0.2) is 94.0 Å². The molecule has 3 aliphatic rings. The van der Waals surface area contributed by atoms with Crippen molar-refractivity contribution in [3.05, 3.63) is 83.2 Å². The average Bonchev–Trinajstić information content (AvgIpc) is 3.72. The molecular weight excluding hydrogens is 590 g/mol. The van der Waals surface area contributed by atoms with E-state index in [9.17, 15) is 9.59 Å². The van der Waals surface area contributed by atoms with Gasteiger partial charge in [-0.25, -0.2) is 4.98 Å². The normalized spacial score (nSPS) is 17.8. The molecule has 2 amide bonds. The lowest BCUT2D eigenvalue weighted by Crippen LogP contribution is -2.49. The van der Waals surface area contributed by atoms with E-state index >= 15 is 0 Å². The Bertz CT molecular complexity index is 1870. The van der Waals surface area contributed by atoms with E-state index in [1.54, 1.807) is 12.1 Å². The van der Waals surface area contributed by atoms with Gasteiger partial charge < -0.3 is 14.5 Å². The standard InChI is InChI=1S/C37H39N7O3/c1-26-22-30-31(39-25-29-8-7-16-43(29)36(30)45)23-33(26)47-21-6-2-4-14-41-17-19-42(20-18-41)37(46)34-32-9-3-5-15-44(32)35(40-34)28-12-10-27(24-38)11-13-28/h3,5,9-13,15,22-23,25,29H,2,4,6-8,14,16-21H2,1H3/t29-/m0/s1. The molecule has 2 saturated heterocycles. The number of piperazine rings is 1. The van der Waals surface area contributed by atoms with Gasteiger partial charge in [-0.3, -0.25) is 23.9 Å². The average molecular weight is 630 g/mol. The highest BCUT2D eigenvalue weighted by Crippen LogP contribution is 2.34. The Morgan fingerprint density at radius 1 is 1.02 bits per heavy atom. The maximum absolute atomic E-state index is 13.6. The molecule has 0 N–H and O–H groups in total. The second kappa shape index (κ2) is 13.4. The second-order valence-corrected chi connectivity index (χ2v) is 12.6. The molecule has 240 valence electrons.